The molecule has 0 unspecified atom stereocenters. The highest BCUT2D eigenvalue weighted by Gasteiger charge is 2.41. The first-order valence-electron chi connectivity index (χ1n) is 12.1. The van der Waals surface area contributed by atoms with Crippen LogP contribution in [0.15, 0.2) is 18.2 Å². The Labute approximate surface area is 225 Å². The van der Waals surface area contributed by atoms with E-state index < -0.39 is 45.5 Å². The van der Waals surface area contributed by atoms with Crippen LogP contribution in [-0.4, -0.2) is 37.1 Å². The van der Waals surface area contributed by atoms with Crippen molar-refractivity contribution < 1.29 is 40.7 Å². The first-order valence-corrected chi connectivity index (χ1v) is 17.9. The van der Waals surface area contributed by atoms with Crippen molar-refractivity contribution in [3.63, 3.8) is 0 Å². The number of benzene rings is 2. The minimum Gasteiger partial charge on any atom is -0.541 e. The first-order chi connectivity index (χ1) is 17.1. The number of hydrogen-bond donors (Lipinski definition) is 0. The van der Waals surface area contributed by atoms with Gasteiger partial charge in [0.1, 0.15) is 5.75 Å². The molecule has 11 heteroatoms. The number of methoxy groups -OCH3 is 2. The van der Waals surface area contributed by atoms with E-state index in [0.717, 1.165) is 18.2 Å². The van der Waals surface area contributed by atoms with Crippen LogP contribution in [0, 0.1) is 23.3 Å². The third-order valence-electron chi connectivity index (χ3n) is 7.04. The quantitative estimate of drug-likeness (QED) is 0.188. The number of ether oxygens (including phenoxy) is 2. The molecule has 5 nitrogen and oxygen atoms in total. The Morgan fingerprint density at radius 1 is 0.658 bits per heavy atom. The molecule has 0 saturated carbocycles. The van der Waals surface area contributed by atoms with Crippen molar-refractivity contribution in [1.29, 1.82) is 0 Å². The fraction of sp³-hybridized carbons (Fsp3) is 0.519. The second kappa shape index (κ2) is 12.1. The van der Waals surface area contributed by atoms with Gasteiger partial charge in [0.2, 0.25) is 0 Å². The number of rotatable bonds is 7. The zero-order chi connectivity index (χ0) is 29.9. The summed E-state index contributed by atoms with van der Waals surface area (Å²) in [7, 11) is -1.66. The molecule has 0 aromatic heterocycles. The Morgan fingerprint density at radius 2 is 1.05 bits per heavy atom. The van der Waals surface area contributed by atoms with Crippen LogP contribution >= 0.6 is 0 Å². The van der Waals surface area contributed by atoms with E-state index in [2.05, 4.69) is 20.8 Å². The molecule has 0 aliphatic rings. The van der Waals surface area contributed by atoms with Gasteiger partial charge in [0.15, 0.2) is 46.8 Å². The van der Waals surface area contributed by atoms with E-state index in [1.807, 2.05) is 47.0 Å². The maximum Gasteiger partial charge on any atom is 0.250 e. The van der Waals surface area contributed by atoms with Crippen LogP contribution in [0.4, 0.5) is 17.6 Å². The topological polar surface area (TPSA) is 54.0 Å². The van der Waals surface area contributed by atoms with E-state index >= 15 is 0 Å². The molecular formula is C27H40F4O5Si2. The van der Waals surface area contributed by atoms with Crippen LogP contribution in [0.1, 0.15) is 51.9 Å². The summed E-state index contributed by atoms with van der Waals surface area (Å²) in [5, 5.41) is -0.146. The molecule has 0 bridgehead atoms. The van der Waals surface area contributed by atoms with Crippen LogP contribution in [0.25, 0.3) is 0 Å². The van der Waals surface area contributed by atoms with Gasteiger partial charge in [-0.2, -0.15) is 0 Å². The van der Waals surface area contributed by atoms with Crippen LogP contribution in [0.5, 0.6) is 23.0 Å². The SMILES string of the molecule is COc1c(O[Si](C)(C)C(C)(C)C)cc(F)c(F)c1C=O.COc1cc(F)c(F)cc1O[Si](C)(C)C(C)(C)C. The van der Waals surface area contributed by atoms with Crippen molar-refractivity contribution in [3.05, 3.63) is 47.0 Å². The summed E-state index contributed by atoms with van der Waals surface area (Å²) in [6, 6.07) is 2.99. The average molecular weight is 577 g/mol. The predicted octanol–water partition coefficient (Wildman–Crippen LogP) is 8.53. The van der Waals surface area contributed by atoms with E-state index in [0.29, 0.717) is 0 Å². The van der Waals surface area contributed by atoms with Gasteiger partial charge >= 0.3 is 0 Å². The lowest BCUT2D eigenvalue weighted by molar-refractivity contribution is 0.111. The maximum absolute atomic E-state index is 13.6. The fourth-order valence-corrected chi connectivity index (χ4v) is 4.63. The molecule has 0 N–H and O–H groups in total. The van der Waals surface area contributed by atoms with Crippen LogP contribution in [0.2, 0.25) is 36.3 Å². The fourth-order valence-electron chi connectivity index (χ4n) is 2.60. The molecule has 2 aromatic rings. The summed E-state index contributed by atoms with van der Waals surface area (Å²) in [6.07, 6.45) is 0.232. The molecule has 0 radical (unpaired) electrons. The second-order valence-electron chi connectivity index (χ2n) is 11.9. The predicted molar refractivity (Wildman–Crippen MR) is 147 cm³/mol. The number of carbonyl (C=O) groups is 1. The Bertz CT molecular complexity index is 1140. The van der Waals surface area contributed by atoms with Crippen LogP contribution in [-0.2, 0) is 0 Å². The number of halogens is 4. The van der Waals surface area contributed by atoms with Crippen molar-refractivity contribution in [3.8, 4) is 23.0 Å². The van der Waals surface area contributed by atoms with Gasteiger partial charge in [-0.1, -0.05) is 41.5 Å². The van der Waals surface area contributed by atoms with E-state index in [4.69, 9.17) is 18.3 Å². The molecule has 2 rings (SSSR count). The minimum atomic E-state index is -2.25. The lowest BCUT2D eigenvalue weighted by Crippen LogP contribution is -2.44. The molecule has 38 heavy (non-hydrogen) atoms. The van der Waals surface area contributed by atoms with Gasteiger partial charge in [0.25, 0.3) is 16.6 Å². The summed E-state index contributed by atoms with van der Waals surface area (Å²) >= 11 is 0. The summed E-state index contributed by atoms with van der Waals surface area (Å²) in [6.45, 7) is 20.3. The van der Waals surface area contributed by atoms with Crippen molar-refractivity contribution in [2.45, 2.75) is 77.8 Å². The maximum atomic E-state index is 13.6. The lowest BCUT2D eigenvalue weighted by Gasteiger charge is -2.36. The molecule has 0 heterocycles. The third-order valence-corrected chi connectivity index (χ3v) is 15.7. The molecule has 0 spiro atoms. The summed E-state index contributed by atoms with van der Waals surface area (Å²) in [4.78, 5) is 10.9. The van der Waals surface area contributed by atoms with Crippen LogP contribution in [0.3, 0.4) is 0 Å². The molecule has 0 atom stereocenters. The highest BCUT2D eigenvalue weighted by Crippen LogP contribution is 2.42. The molecule has 0 aliphatic carbocycles. The van der Waals surface area contributed by atoms with E-state index in [1.165, 1.54) is 14.2 Å². The Hall–Kier alpha value is -2.54. The zero-order valence-corrected chi connectivity index (χ0v) is 26.4. The standard InChI is InChI=1S/C14H20F2O3Si.C13H20F2O2Si/c1-14(2,3)20(5,6)19-11-7-10(15)12(16)9(8-17)13(11)18-4;1-13(2,3)18(5,6)17-12-8-10(15)9(14)7-11(12)16-4/h7-8H,1-6H3;7-8H,1-6H3. The first kappa shape index (κ1) is 33.5. The van der Waals surface area contributed by atoms with E-state index in [1.54, 1.807) is 0 Å². The normalized spacial score (nSPS) is 12.3. The van der Waals surface area contributed by atoms with Gasteiger partial charge in [-0.25, -0.2) is 17.6 Å². The van der Waals surface area contributed by atoms with Crippen LogP contribution < -0.4 is 18.3 Å². The Kier molecular flexibility index (Phi) is 10.7. The van der Waals surface area contributed by atoms with E-state index in [9.17, 15) is 22.4 Å². The molecular weight excluding hydrogens is 536 g/mol. The molecule has 0 aliphatic heterocycles. The Morgan fingerprint density at radius 3 is 1.42 bits per heavy atom. The third kappa shape index (κ3) is 7.75. The summed E-state index contributed by atoms with van der Waals surface area (Å²) in [5.41, 5.74) is -0.457. The largest absolute Gasteiger partial charge is 0.541 e. The van der Waals surface area contributed by atoms with Gasteiger partial charge in [0, 0.05) is 18.2 Å². The molecule has 0 saturated heterocycles. The van der Waals surface area contributed by atoms with Crippen molar-refractivity contribution in [2.24, 2.45) is 0 Å². The summed E-state index contributed by atoms with van der Waals surface area (Å²) in [5.74, 6) is -3.72. The smallest absolute Gasteiger partial charge is 0.250 e. The number of aldehydes is 1. The highest BCUT2D eigenvalue weighted by molar-refractivity contribution is 6.75. The second-order valence-corrected chi connectivity index (χ2v) is 21.3. The zero-order valence-electron chi connectivity index (χ0n) is 24.4. The highest BCUT2D eigenvalue weighted by atomic mass is 28.4. The van der Waals surface area contributed by atoms with E-state index in [-0.39, 0.29) is 39.4 Å². The average Bonchev–Trinajstić information content (AvgIpc) is 2.76. The Balaban J connectivity index is 0.000000382. The number of carbonyl (C=O) groups excluding carboxylic acids is 1. The van der Waals surface area contributed by atoms with Crippen molar-refractivity contribution in [2.75, 3.05) is 14.2 Å². The van der Waals surface area contributed by atoms with Gasteiger partial charge in [0.05, 0.1) is 19.8 Å². The van der Waals surface area contributed by atoms with Gasteiger partial charge in [-0.15, -0.1) is 0 Å². The lowest BCUT2D eigenvalue weighted by atomic mass is 10.2. The van der Waals surface area contributed by atoms with Gasteiger partial charge in [-0.3, -0.25) is 4.79 Å². The molecule has 0 amide bonds. The minimum absolute atomic E-state index is 0.0249. The molecule has 214 valence electrons. The monoisotopic (exact) mass is 576 g/mol. The van der Waals surface area contributed by atoms with Gasteiger partial charge in [-0.05, 0) is 36.3 Å². The van der Waals surface area contributed by atoms with Crippen molar-refractivity contribution in [1.82, 2.24) is 0 Å². The van der Waals surface area contributed by atoms with Gasteiger partial charge < -0.3 is 18.3 Å². The van der Waals surface area contributed by atoms with Crippen molar-refractivity contribution >= 4 is 22.9 Å². The molecule has 0 fully saturated rings. The molecule has 2 aromatic carbocycles. The number of hydrogen-bond acceptors (Lipinski definition) is 5. The summed E-state index contributed by atoms with van der Waals surface area (Å²) < 4.78 is 75.4.